The van der Waals surface area contributed by atoms with Crippen LogP contribution < -0.4 is 4.57 Å². The van der Waals surface area contributed by atoms with Gasteiger partial charge in [0, 0.05) is 28.6 Å². The summed E-state index contributed by atoms with van der Waals surface area (Å²) in [5, 5.41) is 0. The van der Waals surface area contributed by atoms with Gasteiger partial charge in [-0.05, 0) is 25.1 Å². The first-order chi connectivity index (χ1) is 7.66. The summed E-state index contributed by atoms with van der Waals surface area (Å²) < 4.78 is 3.40. The molecule has 0 amide bonds. The van der Waals surface area contributed by atoms with E-state index in [1.165, 1.54) is 16.8 Å². The number of halogens is 1. The summed E-state index contributed by atoms with van der Waals surface area (Å²) in [5.74, 6) is 0. The van der Waals surface area contributed by atoms with Crippen molar-refractivity contribution < 1.29 is 4.57 Å². The number of pyridine rings is 1. The monoisotopic (exact) mass is 276 g/mol. The van der Waals surface area contributed by atoms with E-state index in [-0.39, 0.29) is 0 Å². The van der Waals surface area contributed by atoms with Gasteiger partial charge in [-0.15, -0.1) is 0 Å². The zero-order valence-corrected chi connectivity index (χ0v) is 11.2. The fourth-order valence-corrected chi connectivity index (χ4v) is 1.97. The van der Waals surface area contributed by atoms with Crippen molar-refractivity contribution in [2.45, 2.75) is 20.4 Å². The Balaban J connectivity index is 2.27. The van der Waals surface area contributed by atoms with Crippen LogP contribution in [0.2, 0.25) is 0 Å². The van der Waals surface area contributed by atoms with Crippen LogP contribution in [0.5, 0.6) is 0 Å². The average molecular weight is 277 g/mol. The van der Waals surface area contributed by atoms with E-state index in [0.717, 1.165) is 11.0 Å². The molecule has 0 saturated heterocycles. The third-order valence-corrected chi connectivity index (χ3v) is 3.41. The van der Waals surface area contributed by atoms with Crippen molar-refractivity contribution in [3.8, 4) is 0 Å². The van der Waals surface area contributed by atoms with Crippen molar-refractivity contribution in [2.75, 3.05) is 0 Å². The third kappa shape index (κ3) is 2.50. The predicted molar refractivity (Wildman–Crippen MR) is 69.4 cm³/mol. The molecule has 0 N–H and O–H groups in total. The quantitative estimate of drug-likeness (QED) is 0.741. The summed E-state index contributed by atoms with van der Waals surface area (Å²) in [5.41, 5.74) is 3.98. The minimum absolute atomic E-state index is 0.931. The number of hydrogen-bond acceptors (Lipinski definition) is 0. The molecule has 2 rings (SSSR count). The maximum atomic E-state index is 3.45. The van der Waals surface area contributed by atoms with E-state index < -0.39 is 0 Å². The zero-order chi connectivity index (χ0) is 11.5. The SMILES string of the molecule is Cc1ccc[n+](Cc2ccc(Br)cc2)c1C. The van der Waals surface area contributed by atoms with Gasteiger partial charge < -0.3 is 0 Å². The maximum Gasteiger partial charge on any atom is 0.181 e. The highest BCUT2D eigenvalue weighted by Crippen LogP contribution is 2.10. The second-order valence-corrected chi connectivity index (χ2v) is 4.95. The molecular formula is C14H15BrN+. The smallest absolute Gasteiger partial charge is 0.181 e. The Morgan fingerprint density at radius 1 is 1.06 bits per heavy atom. The summed E-state index contributed by atoms with van der Waals surface area (Å²) in [4.78, 5) is 0. The van der Waals surface area contributed by atoms with Gasteiger partial charge in [-0.3, -0.25) is 0 Å². The fourth-order valence-electron chi connectivity index (χ4n) is 1.71. The predicted octanol–water partition coefficient (Wildman–Crippen LogP) is 3.40. The van der Waals surface area contributed by atoms with Gasteiger partial charge in [-0.25, -0.2) is 0 Å². The van der Waals surface area contributed by atoms with Crippen LogP contribution in [0.3, 0.4) is 0 Å². The zero-order valence-electron chi connectivity index (χ0n) is 9.57. The summed E-state index contributed by atoms with van der Waals surface area (Å²) in [6.07, 6.45) is 2.13. The lowest BCUT2D eigenvalue weighted by Gasteiger charge is -2.03. The molecule has 0 fully saturated rings. The number of nitrogens with zero attached hydrogens (tertiary/aromatic N) is 1. The number of benzene rings is 1. The van der Waals surface area contributed by atoms with E-state index >= 15 is 0 Å². The van der Waals surface area contributed by atoms with Gasteiger partial charge in [-0.1, -0.05) is 28.1 Å². The van der Waals surface area contributed by atoms with Crippen LogP contribution in [0.25, 0.3) is 0 Å². The Morgan fingerprint density at radius 2 is 1.75 bits per heavy atom. The second kappa shape index (κ2) is 4.79. The molecule has 0 spiro atoms. The standard InChI is InChI=1S/C14H15BrN/c1-11-4-3-9-16(12(11)2)10-13-5-7-14(15)8-6-13/h3-9H,10H2,1-2H3/q+1. The van der Waals surface area contributed by atoms with Crippen LogP contribution in [0.4, 0.5) is 0 Å². The molecule has 0 radical (unpaired) electrons. The van der Waals surface area contributed by atoms with Gasteiger partial charge in [0.25, 0.3) is 0 Å². The molecule has 16 heavy (non-hydrogen) atoms. The highest BCUT2D eigenvalue weighted by atomic mass is 79.9. The van der Waals surface area contributed by atoms with E-state index in [9.17, 15) is 0 Å². The lowest BCUT2D eigenvalue weighted by Crippen LogP contribution is -2.37. The highest BCUT2D eigenvalue weighted by molar-refractivity contribution is 9.10. The normalized spacial score (nSPS) is 10.4. The van der Waals surface area contributed by atoms with Crippen molar-refractivity contribution in [1.82, 2.24) is 0 Å². The van der Waals surface area contributed by atoms with E-state index in [1.807, 2.05) is 0 Å². The van der Waals surface area contributed by atoms with Crippen LogP contribution >= 0.6 is 15.9 Å². The van der Waals surface area contributed by atoms with Crippen LogP contribution in [0, 0.1) is 13.8 Å². The van der Waals surface area contributed by atoms with Crippen molar-refractivity contribution in [2.24, 2.45) is 0 Å². The molecule has 1 nitrogen and oxygen atoms in total. The molecule has 0 unspecified atom stereocenters. The first kappa shape index (κ1) is 11.3. The molecule has 0 aliphatic rings. The van der Waals surface area contributed by atoms with E-state index in [1.54, 1.807) is 0 Å². The van der Waals surface area contributed by atoms with Gasteiger partial charge in [-0.2, -0.15) is 4.57 Å². The average Bonchev–Trinajstić information content (AvgIpc) is 2.28. The number of rotatable bonds is 2. The molecule has 0 bridgehead atoms. The Labute approximate surface area is 105 Å². The molecule has 0 aliphatic heterocycles. The lowest BCUT2D eigenvalue weighted by molar-refractivity contribution is -0.694. The minimum atomic E-state index is 0.931. The summed E-state index contributed by atoms with van der Waals surface area (Å²) >= 11 is 3.45. The number of aromatic nitrogens is 1. The molecule has 0 aliphatic carbocycles. The summed E-state index contributed by atoms with van der Waals surface area (Å²) in [6, 6.07) is 12.7. The molecule has 82 valence electrons. The molecule has 0 saturated carbocycles. The first-order valence-corrected chi connectivity index (χ1v) is 6.16. The molecule has 1 heterocycles. The summed E-state index contributed by atoms with van der Waals surface area (Å²) in [7, 11) is 0. The molecule has 2 aromatic rings. The molecule has 1 aromatic heterocycles. The van der Waals surface area contributed by atoms with Gasteiger partial charge in [0.2, 0.25) is 0 Å². The van der Waals surface area contributed by atoms with Crippen molar-refractivity contribution in [3.63, 3.8) is 0 Å². The Hall–Kier alpha value is -1.15. The minimum Gasteiger partial charge on any atom is -0.198 e. The van der Waals surface area contributed by atoms with Crippen LogP contribution in [-0.2, 0) is 6.54 Å². The van der Waals surface area contributed by atoms with Crippen molar-refractivity contribution in [1.29, 1.82) is 0 Å². The van der Waals surface area contributed by atoms with Crippen molar-refractivity contribution in [3.05, 3.63) is 63.9 Å². The van der Waals surface area contributed by atoms with E-state index in [0.29, 0.717) is 0 Å². The summed E-state index contributed by atoms with van der Waals surface area (Å²) in [6.45, 7) is 5.24. The first-order valence-electron chi connectivity index (χ1n) is 5.37. The molecular weight excluding hydrogens is 262 g/mol. The van der Waals surface area contributed by atoms with Crippen LogP contribution in [0.1, 0.15) is 16.8 Å². The number of hydrogen-bond donors (Lipinski definition) is 0. The molecule has 1 aromatic carbocycles. The van der Waals surface area contributed by atoms with Crippen LogP contribution in [-0.4, -0.2) is 0 Å². The third-order valence-electron chi connectivity index (χ3n) is 2.88. The Bertz CT molecular complexity index is 489. The molecule has 0 atom stereocenters. The Kier molecular flexibility index (Phi) is 3.39. The van der Waals surface area contributed by atoms with Gasteiger partial charge in [0.15, 0.2) is 18.4 Å². The lowest BCUT2D eigenvalue weighted by atomic mass is 10.2. The van der Waals surface area contributed by atoms with Crippen LogP contribution in [0.15, 0.2) is 47.1 Å². The molecule has 2 heteroatoms. The Morgan fingerprint density at radius 3 is 2.44 bits per heavy atom. The second-order valence-electron chi connectivity index (χ2n) is 4.03. The van der Waals surface area contributed by atoms with Gasteiger partial charge in [0.05, 0.1) is 0 Å². The maximum absolute atomic E-state index is 3.45. The largest absolute Gasteiger partial charge is 0.198 e. The highest BCUT2D eigenvalue weighted by Gasteiger charge is 2.08. The fraction of sp³-hybridized carbons (Fsp3) is 0.214. The van der Waals surface area contributed by atoms with Crippen molar-refractivity contribution >= 4 is 15.9 Å². The van der Waals surface area contributed by atoms with Gasteiger partial charge in [0.1, 0.15) is 0 Å². The van der Waals surface area contributed by atoms with E-state index in [2.05, 4.69) is 76.9 Å². The topological polar surface area (TPSA) is 3.88 Å². The van der Waals surface area contributed by atoms with Gasteiger partial charge >= 0.3 is 0 Å². The van der Waals surface area contributed by atoms with E-state index in [4.69, 9.17) is 0 Å². The number of aryl methyl sites for hydroxylation is 1.